The number of halogens is 3. The molecule has 2 aliphatic rings. The van der Waals surface area contributed by atoms with Crippen molar-refractivity contribution in [3.63, 3.8) is 0 Å². The van der Waals surface area contributed by atoms with Crippen LogP contribution in [0.3, 0.4) is 0 Å². The Morgan fingerprint density at radius 2 is 1.56 bits per heavy atom. The second-order valence-corrected chi connectivity index (χ2v) is 7.65. The standard InChI is InChI=1S/C24H22F3N3O4/c25-24(26,27)18-6-8-19(9-7-18)28-23(32)30-13-11-29(12-14-30)22(31)4-2-1-3-17-5-10-20-21(15-17)34-16-33-20/h1-10,15H,11-14,16H2,(H,28,32)/b3-1+,4-2+. The van der Waals surface area contributed by atoms with Gasteiger partial charge in [0.1, 0.15) is 0 Å². The normalized spacial score (nSPS) is 15.9. The van der Waals surface area contributed by atoms with Crippen LogP contribution in [-0.2, 0) is 11.0 Å². The number of carbonyl (C=O) groups is 2. The lowest BCUT2D eigenvalue weighted by atomic mass is 10.2. The molecule has 2 heterocycles. The summed E-state index contributed by atoms with van der Waals surface area (Å²) < 4.78 is 48.5. The number of rotatable bonds is 4. The van der Waals surface area contributed by atoms with Crippen molar-refractivity contribution < 1.29 is 32.2 Å². The van der Waals surface area contributed by atoms with E-state index in [-0.39, 0.29) is 18.4 Å². The molecule has 0 radical (unpaired) electrons. The average Bonchev–Trinajstić information content (AvgIpc) is 3.29. The van der Waals surface area contributed by atoms with Gasteiger partial charge in [-0.15, -0.1) is 0 Å². The highest BCUT2D eigenvalue weighted by Crippen LogP contribution is 2.33. The number of nitrogens with zero attached hydrogens (tertiary/aromatic N) is 2. The molecule has 0 bridgehead atoms. The largest absolute Gasteiger partial charge is 0.454 e. The molecule has 0 atom stereocenters. The molecule has 10 heteroatoms. The van der Waals surface area contributed by atoms with Crippen molar-refractivity contribution in [2.24, 2.45) is 0 Å². The molecule has 2 aliphatic heterocycles. The number of ether oxygens (including phenoxy) is 2. The van der Waals surface area contributed by atoms with E-state index in [1.54, 1.807) is 17.1 Å². The number of fused-ring (bicyclic) bond motifs is 1. The van der Waals surface area contributed by atoms with Crippen molar-refractivity contribution in [1.82, 2.24) is 9.80 Å². The van der Waals surface area contributed by atoms with Gasteiger partial charge in [0.2, 0.25) is 12.7 Å². The molecule has 3 amide bonds. The van der Waals surface area contributed by atoms with Crippen LogP contribution in [0.4, 0.5) is 23.7 Å². The van der Waals surface area contributed by atoms with Crippen molar-refractivity contribution in [1.29, 1.82) is 0 Å². The van der Waals surface area contributed by atoms with Gasteiger partial charge in [-0.25, -0.2) is 4.79 Å². The molecule has 178 valence electrons. The fourth-order valence-electron chi connectivity index (χ4n) is 3.50. The Balaban J connectivity index is 1.23. The minimum atomic E-state index is -4.43. The SMILES string of the molecule is O=C(/C=C/C=C/c1ccc2c(c1)OCO2)N1CCN(C(=O)Nc2ccc(C(F)(F)F)cc2)CC1. The number of alkyl halides is 3. The van der Waals surface area contributed by atoms with E-state index in [1.165, 1.54) is 23.1 Å². The van der Waals surface area contributed by atoms with Crippen LogP contribution in [0.5, 0.6) is 11.5 Å². The van der Waals surface area contributed by atoms with Crippen molar-refractivity contribution in [2.45, 2.75) is 6.18 Å². The van der Waals surface area contributed by atoms with Crippen LogP contribution in [0.15, 0.2) is 60.7 Å². The van der Waals surface area contributed by atoms with E-state index in [2.05, 4.69) is 5.32 Å². The van der Waals surface area contributed by atoms with E-state index < -0.39 is 17.8 Å². The maximum Gasteiger partial charge on any atom is 0.416 e. The van der Waals surface area contributed by atoms with Crippen LogP contribution >= 0.6 is 0 Å². The number of hydrogen-bond donors (Lipinski definition) is 1. The fourth-order valence-corrected chi connectivity index (χ4v) is 3.50. The topological polar surface area (TPSA) is 71.1 Å². The molecule has 4 rings (SSSR count). The summed E-state index contributed by atoms with van der Waals surface area (Å²) >= 11 is 0. The summed E-state index contributed by atoms with van der Waals surface area (Å²) in [5, 5.41) is 2.58. The smallest absolute Gasteiger partial charge is 0.416 e. The lowest BCUT2D eigenvalue weighted by Gasteiger charge is -2.34. The maximum absolute atomic E-state index is 12.6. The Hall–Kier alpha value is -3.95. The molecule has 2 aromatic rings. The van der Waals surface area contributed by atoms with Gasteiger partial charge >= 0.3 is 12.2 Å². The van der Waals surface area contributed by atoms with Gasteiger partial charge in [-0.1, -0.05) is 24.3 Å². The predicted molar refractivity (Wildman–Crippen MR) is 119 cm³/mol. The van der Waals surface area contributed by atoms with Gasteiger partial charge in [0.05, 0.1) is 5.56 Å². The van der Waals surface area contributed by atoms with Crippen molar-refractivity contribution in [2.75, 3.05) is 38.3 Å². The number of allylic oxidation sites excluding steroid dienone is 2. The molecule has 1 saturated heterocycles. The maximum atomic E-state index is 12.6. The first kappa shape index (κ1) is 23.2. The number of carbonyl (C=O) groups excluding carboxylic acids is 2. The summed E-state index contributed by atoms with van der Waals surface area (Å²) in [4.78, 5) is 27.9. The molecule has 7 nitrogen and oxygen atoms in total. The zero-order valence-electron chi connectivity index (χ0n) is 18.0. The van der Waals surface area contributed by atoms with Gasteiger partial charge in [-0.3, -0.25) is 4.79 Å². The molecule has 1 N–H and O–H groups in total. The zero-order chi connectivity index (χ0) is 24.1. The molecule has 0 aromatic heterocycles. The third-order valence-electron chi connectivity index (χ3n) is 5.38. The molecular weight excluding hydrogens is 451 g/mol. The van der Waals surface area contributed by atoms with Crippen molar-refractivity contribution >= 4 is 23.7 Å². The molecule has 0 aliphatic carbocycles. The lowest BCUT2D eigenvalue weighted by molar-refractivity contribution is -0.137. The minimum absolute atomic E-state index is 0.168. The monoisotopic (exact) mass is 473 g/mol. The van der Waals surface area contributed by atoms with E-state index >= 15 is 0 Å². The fraction of sp³-hybridized carbons (Fsp3) is 0.250. The predicted octanol–water partition coefficient (Wildman–Crippen LogP) is 4.38. The van der Waals surface area contributed by atoms with Gasteiger partial charge in [-0.05, 0) is 42.0 Å². The highest BCUT2D eigenvalue weighted by molar-refractivity contribution is 5.90. The summed E-state index contributed by atoms with van der Waals surface area (Å²) in [5.74, 6) is 1.22. The van der Waals surface area contributed by atoms with Crippen molar-refractivity contribution in [3.8, 4) is 11.5 Å². The molecular formula is C24H22F3N3O4. The lowest BCUT2D eigenvalue weighted by Crippen LogP contribution is -2.51. The number of amides is 3. The van der Waals surface area contributed by atoms with E-state index in [9.17, 15) is 22.8 Å². The van der Waals surface area contributed by atoms with Crippen LogP contribution in [0.25, 0.3) is 6.08 Å². The summed E-state index contributed by atoms with van der Waals surface area (Å²) in [6.45, 7) is 1.56. The van der Waals surface area contributed by atoms with E-state index in [1.807, 2.05) is 24.3 Å². The Kier molecular flexibility index (Phi) is 6.76. The van der Waals surface area contributed by atoms with Gasteiger partial charge in [-0.2, -0.15) is 13.2 Å². The van der Waals surface area contributed by atoms with Crippen LogP contribution < -0.4 is 14.8 Å². The average molecular weight is 473 g/mol. The van der Waals surface area contributed by atoms with Gasteiger partial charge < -0.3 is 24.6 Å². The first-order valence-corrected chi connectivity index (χ1v) is 10.6. The highest BCUT2D eigenvalue weighted by atomic mass is 19.4. The summed E-state index contributed by atoms with van der Waals surface area (Å²) in [7, 11) is 0. The Morgan fingerprint density at radius 1 is 0.882 bits per heavy atom. The molecule has 0 saturated carbocycles. The zero-order valence-corrected chi connectivity index (χ0v) is 18.0. The number of piperazine rings is 1. The second kappa shape index (κ2) is 9.90. The minimum Gasteiger partial charge on any atom is -0.454 e. The van der Waals surface area contributed by atoms with Crippen LogP contribution in [0, 0.1) is 0 Å². The third-order valence-corrected chi connectivity index (χ3v) is 5.38. The number of hydrogen-bond acceptors (Lipinski definition) is 4. The Labute approximate surface area is 194 Å². The van der Waals surface area contributed by atoms with Gasteiger partial charge in [0, 0.05) is 37.9 Å². The number of urea groups is 1. The van der Waals surface area contributed by atoms with E-state index in [4.69, 9.17) is 9.47 Å². The molecule has 0 unspecified atom stereocenters. The summed E-state index contributed by atoms with van der Waals surface area (Å²) in [6.07, 6.45) is 2.28. The molecule has 34 heavy (non-hydrogen) atoms. The van der Waals surface area contributed by atoms with Crippen LogP contribution in [0.1, 0.15) is 11.1 Å². The number of anilines is 1. The molecule has 2 aromatic carbocycles. The molecule has 0 spiro atoms. The second-order valence-electron chi connectivity index (χ2n) is 7.65. The Bertz CT molecular complexity index is 1110. The van der Waals surface area contributed by atoms with Gasteiger partial charge in [0.15, 0.2) is 11.5 Å². The first-order valence-electron chi connectivity index (χ1n) is 10.6. The van der Waals surface area contributed by atoms with Crippen molar-refractivity contribution in [3.05, 3.63) is 71.8 Å². The number of benzene rings is 2. The van der Waals surface area contributed by atoms with Crippen LogP contribution in [0.2, 0.25) is 0 Å². The Morgan fingerprint density at radius 3 is 2.26 bits per heavy atom. The van der Waals surface area contributed by atoms with Gasteiger partial charge in [0.25, 0.3) is 0 Å². The third kappa shape index (κ3) is 5.69. The quantitative estimate of drug-likeness (QED) is 0.529. The van der Waals surface area contributed by atoms with E-state index in [0.717, 1.165) is 17.7 Å². The summed E-state index contributed by atoms with van der Waals surface area (Å²) in [5.41, 5.74) is 0.402. The summed E-state index contributed by atoms with van der Waals surface area (Å²) in [6, 6.07) is 9.39. The first-order chi connectivity index (χ1) is 16.3. The number of nitrogens with one attached hydrogen (secondary N) is 1. The molecule has 1 fully saturated rings. The highest BCUT2D eigenvalue weighted by Gasteiger charge is 2.30. The van der Waals surface area contributed by atoms with Crippen LogP contribution in [-0.4, -0.2) is 54.7 Å². The van der Waals surface area contributed by atoms with E-state index in [0.29, 0.717) is 37.7 Å².